The molecule has 0 unspecified atom stereocenters. The Morgan fingerprint density at radius 2 is 1.40 bits per heavy atom. The van der Waals surface area contributed by atoms with Gasteiger partial charge in [0.25, 0.3) is 0 Å². The molecule has 1 heterocycles. The van der Waals surface area contributed by atoms with Crippen molar-refractivity contribution in [2.75, 3.05) is 0 Å². The van der Waals surface area contributed by atoms with Gasteiger partial charge in [-0.3, -0.25) is 0 Å². The predicted molar refractivity (Wildman–Crippen MR) is 40.8 cm³/mol. The smallest absolute Gasteiger partial charge is 0.0530 e. The number of hydrogen-bond donors (Lipinski definition) is 0. The maximum Gasteiger partial charge on any atom is 0.0530 e. The van der Waals surface area contributed by atoms with Gasteiger partial charge < -0.3 is 0 Å². The van der Waals surface area contributed by atoms with Crippen LogP contribution in [0.2, 0.25) is 0 Å². The molecule has 2 nitrogen and oxygen atoms in total. The highest BCUT2D eigenvalue weighted by molar-refractivity contribution is 5.19. The fourth-order valence-corrected chi connectivity index (χ4v) is 1.01. The summed E-state index contributed by atoms with van der Waals surface area (Å²) in [7, 11) is 0. The van der Waals surface area contributed by atoms with Crippen LogP contribution in [-0.4, -0.2) is 10.2 Å². The van der Waals surface area contributed by atoms with Crippen molar-refractivity contribution in [3.63, 3.8) is 0 Å². The molecular formula is C8H12N2. The molecule has 0 saturated heterocycles. The third-order valence-corrected chi connectivity index (χ3v) is 1.67. The minimum absolute atomic E-state index is 1.05. The Kier molecular flexibility index (Phi) is 2.37. The van der Waals surface area contributed by atoms with Crippen LogP contribution in [0.3, 0.4) is 0 Å². The predicted octanol–water partition coefficient (Wildman–Crippen LogP) is 1.60. The SMILES string of the molecule is CCc1cnncc1CC. The quantitative estimate of drug-likeness (QED) is 0.617. The van der Waals surface area contributed by atoms with Gasteiger partial charge in [-0.15, -0.1) is 0 Å². The second-order valence-electron chi connectivity index (χ2n) is 2.25. The number of hydrogen-bond acceptors (Lipinski definition) is 2. The summed E-state index contributed by atoms with van der Waals surface area (Å²) >= 11 is 0. The van der Waals surface area contributed by atoms with Crippen LogP contribution >= 0.6 is 0 Å². The average molecular weight is 136 g/mol. The maximum absolute atomic E-state index is 3.81. The first-order chi connectivity index (χ1) is 4.88. The van der Waals surface area contributed by atoms with E-state index in [1.165, 1.54) is 11.1 Å². The van der Waals surface area contributed by atoms with Crippen molar-refractivity contribution in [2.45, 2.75) is 26.7 Å². The van der Waals surface area contributed by atoms with Gasteiger partial charge in [-0.05, 0) is 24.0 Å². The summed E-state index contributed by atoms with van der Waals surface area (Å²) < 4.78 is 0. The molecule has 0 radical (unpaired) electrons. The number of aromatic nitrogens is 2. The van der Waals surface area contributed by atoms with Crippen molar-refractivity contribution in [2.24, 2.45) is 0 Å². The van der Waals surface area contributed by atoms with E-state index in [1.807, 2.05) is 12.4 Å². The molecule has 0 saturated carbocycles. The molecule has 0 aliphatic heterocycles. The van der Waals surface area contributed by atoms with Crippen molar-refractivity contribution < 1.29 is 0 Å². The average Bonchev–Trinajstić information content (AvgIpc) is 2.04. The molecule has 1 aromatic heterocycles. The highest BCUT2D eigenvalue weighted by Crippen LogP contribution is 2.05. The first-order valence-corrected chi connectivity index (χ1v) is 3.67. The topological polar surface area (TPSA) is 25.8 Å². The van der Waals surface area contributed by atoms with E-state index in [9.17, 15) is 0 Å². The summed E-state index contributed by atoms with van der Waals surface area (Å²) in [5.74, 6) is 0. The zero-order valence-electron chi connectivity index (χ0n) is 6.46. The molecule has 0 aromatic carbocycles. The van der Waals surface area contributed by atoms with E-state index < -0.39 is 0 Å². The van der Waals surface area contributed by atoms with Crippen LogP contribution in [0.1, 0.15) is 25.0 Å². The lowest BCUT2D eigenvalue weighted by Gasteiger charge is -2.00. The minimum Gasteiger partial charge on any atom is -0.159 e. The van der Waals surface area contributed by atoms with Crippen molar-refractivity contribution in [3.8, 4) is 0 Å². The number of aryl methyl sites for hydroxylation is 2. The summed E-state index contributed by atoms with van der Waals surface area (Å²) in [5, 5.41) is 7.63. The summed E-state index contributed by atoms with van der Waals surface area (Å²) in [6.45, 7) is 4.27. The second-order valence-corrected chi connectivity index (χ2v) is 2.25. The maximum atomic E-state index is 3.81. The van der Waals surface area contributed by atoms with Crippen molar-refractivity contribution in [3.05, 3.63) is 23.5 Å². The van der Waals surface area contributed by atoms with E-state index in [1.54, 1.807) is 0 Å². The molecule has 0 bridgehead atoms. The summed E-state index contributed by atoms with van der Waals surface area (Å²) in [6.07, 6.45) is 5.80. The summed E-state index contributed by atoms with van der Waals surface area (Å²) in [6, 6.07) is 0. The molecule has 0 spiro atoms. The van der Waals surface area contributed by atoms with Gasteiger partial charge in [-0.2, -0.15) is 10.2 Å². The first kappa shape index (κ1) is 7.19. The van der Waals surface area contributed by atoms with E-state index >= 15 is 0 Å². The van der Waals surface area contributed by atoms with Gasteiger partial charge in [-0.1, -0.05) is 13.8 Å². The lowest BCUT2D eigenvalue weighted by Crippen LogP contribution is -1.93. The molecule has 1 aromatic rings. The largest absolute Gasteiger partial charge is 0.159 e. The molecule has 0 atom stereocenters. The van der Waals surface area contributed by atoms with Crippen LogP contribution in [0.25, 0.3) is 0 Å². The van der Waals surface area contributed by atoms with Gasteiger partial charge in [-0.25, -0.2) is 0 Å². The van der Waals surface area contributed by atoms with Crippen LogP contribution < -0.4 is 0 Å². The lowest BCUT2D eigenvalue weighted by atomic mass is 10.1. The Morgan fingerprint density at radius 1 is 1.00 bits per heavy atom. The molecule has 2 heteroatoms. The lowest BCUT2D eigenvalue weighted by molar-refractivity contribution is 0.928. The van der Waals surface area contributed by atoms with Gasteiger partial charge in [0.15, 0.2) is 0 Å². The Balaban J connectivity index is 2.96. The normalized spacial score (nSPS) is 9.80. The molecule has 54 valence electrons. The molecular weight excluding hydrogens is 124 g/mol. The van der Waals surface area contributed by atoms with Gasteiger partial charge in [0, 0.05) is 0 Å². The Morgan fingerprint density at radius 3 is 1.70 bits per heavy atom. The van der Waals surface area contributed by atoms with Crippen LogP contribution in [-0.2, 0) is 12.8 Å². The summed E-state index contributed by atoms with van der Waals surface area (Å²) in [5.41, 5.74) is 2.63. The molecule has 0 N–H and O–H groups in total. The fraction of sp³-hybridized carbons (Fsp3) is 0.500. The number of rotatable bonds is 2. The van der Waals surface area contributed by atoms with E-state index in [4.69, 9.17) is 0 Å². The zero-order chi connectivity index (χ0) is 7.40. The van der Waals surface area contributed by atoms with E-state index in [2.05, 4.69) is 24.0 Å². The van der Waals surface area contributed by atoms with Crippen molar-refractivity contribution >= 4 is 0 Å². The molecule has 0 amide bonds. The minimum atomic E-state index is 1.05. The Hall–Kier alpha value is -0.920. The third-order valence-electron chi connectivity index (χ3n) is 1.67. The fourth-order valence-electron chi connectivity index (χ4n) is 1.01. The zero-order valence-corrected chi connectivity index (χ0v) is 6.46. The Labute approximate surface area is 61.3 Å². The molecule has 10 heavy (non-hydrogen) atoms. The van der Waals surface area contributed by atoms with Gasteiger partial charge in [0.05, 0.1) is 12.4 Å². The van der Waals surface area contributed by atoms with Crippen LogP contribution in [0.5, 0.6) is 0 Å². The van der Waals surface area contributed by atoms with Crippen LogP contribution in [0.15, 0.2) is 12.4 Å². The monoisotopic (exact) mass is 136 g/mol. The molecule has 1 rings (SSSR count). The highest BCUT2D eigenvalue weighted by Gasteiger charge is 1.96. The standard InChI is InChI=1S/C8H12N2/c1-3-7-5-9-10-6-8(7)4-2/h5-6H,3-4H2,1-2H3. The third kappa shape index (κ3) is 1.32. The van der Waals surface area contributed by atoms with Crippen LogP contribution in [0.4, 0.5) is 0 Å². The first-order valence-electron chi connectivity index (χ1n) is 3.67. The van der Waals surface area contributed by atoms with Crippen molar-refractivity contribution in [1.29, 1.82) is 0 Å². The van der Waals surface area contributed by atoms with E-state index in [-0.39, 0.29) is 0 Å². The highest BCUT2D eigenvalue weighted by atomic mass is 15.1. The second kappa shape index (κ2) is 3.30. The van der Waals surface area contributed by atoms with Gasteiger partial charge in [0.2, 0.25) is 0 Å². The van der Waals surface area contributed by atoms with Crippen LogP contribution in [0, 0.1) is 0 Å². The number of nitrogens with zero attached hydrogens (tertiary/aromatic N) is 2. The Bertz CT molecular complexity index is 185. The van der Waals surface area contributed by atoms with E-state index in [0.29, 0.717) is 0 Å². The molecule has 0 fully saturated rings. The summed E-state index contributed by atoms with van der Waals surface area (Å²) in [4.78, 5) is 0. The van der Waals surface area contributed by atoms with Gasteiger partial charge >= 0.3 is 0 Å². The van der Waals surface area contributed by atoms with E-state index in [0.717, 1.165) is 12.8 Å². The van der Waals surface area contributed by atoms with Crippen molar-refractivity contribution in [1.82, 2.24) is 10.2 Å². The van der Waals surface area contributed by atoms with Gasteiger partial charge in [0.1, 0.15) is 0 Å². The molecule has 0 aliphatic rings. The molecule has 0 aliphatic carbocycles.